The third-order valence-electron chi connectivity index (χ3n) is 5.23. The van der Waals surface area contributed by atoms with Crippen molar-refractivity contribution in [3.8, 4) is 0 Å². The van der Waals surface area contributed by atoms with Crippen LogP contribution in [0, 0.1) is 13.8 Å². The number of rotatable bonds is 9. The monoisotopic (exact) mass is 500 g/mol. The number of carbonyl (C=O) groups excluding carboxylic acids is 4. The van der Waals surface area contributed by atoms with Gasteiger partial charge in [-0.3, -0.25) is 24.1 Å². The van der Waals surface area contributed by atoms with Gasteiger partial charge in [0.15, 0.2) is 6.61 Å². The van der Waals surface area contributed by atoms with E-state index in [4.69, 9.17) is 4.74 Å². The van der Waals surface area contributed by atoms with Crippen molar-refractivity contribution < 1.29 is 23.9 Å². The van der Waals surface area contributed by atoms with E-state index in [2.05, 4.69) is 21.2 Å². The number of ether oxygens (including phenoxy) is 1. The van der Waals surface area contributed by atoms with E-state index in [0.29, 0.717) is 42.6 Å². The largest absolute Gasteiger partial charge is 0.456 e. The van der Waals surface area contributed by atoms with Crippen LogP contribution in [0.3, 0.4) is 0 Å². The Hall–Kier alpha value is -3.00. The van der Waals surface area contributed by atoms with Crippen LogP contribution in [0.25, 0.3) is 0 Å². The number of imide groups is 1. The summed E-state index contributed by atoms with van der Waals surface area (Å²) in [5, 5.41) is 2.72. The molecule has 3 amide bonds. The maximum atomic E-state index is 12.3. The molecule has 0 saturated heterocycles. The zero-order valence-corrected chi connectivity index (χ0v) is 19.7. The Bertz CT molecular complexity index is 1010. The van der Waals surface area contributed by atoms with Crippen LogP contribution in [0.2, 0.25) is 0 Å². The van der Waals surface area contributed by atoms with E-state index in [1.165, 1.54) is 4.90 Å². The molecule has 0 radical (unpaired) electrons. The second kappa shape index (κ2) is 10.5. The Morgan fingerprint density at radius 1 is 0.969 bits per heavy atom. The van der Waals surface area contributed by atoms with Gasteiger partial charge in [-0.25, -0.2) is 0 Å². The number of benzene rings is 2. The molecule has 0 fully saturated rings. The fourth-order valence-electron chi connectivity index (χ4n) is 3.59. The lowest BCUT2D eigenvalue weighted by atomic mass is 10.1. The molecule has 0 aromatic heterocycles. The molecule has 2 aromatic rings. The van der Waals surface area contributed by atoms with E-state index in [-0.39, 0.29) is 24.8 Å². The Morgan fingerprint density at radius 3 is 2.16 bits per heavy atom. The molecule has 2 aromatic carbocycles. The van der Waals surface area contributed by atoms with Gasteiger partial charge < -0.3 is 10.1 Å². The van der Waals surface area contributed by atoms with Crippen LogP contribution in [0.15, 0.2) is 40.9 Å². The number of fused-ring (bicyclic) bond motifs is 1. The third kappa shape index (κ3) is 5.62. The number of anilines is 1. The molecular formula is C24H25BrN2O5. The number of esters is 1. The normalized spacial score (nSPS) is 12.7. The number of amides is 3. The van der Waals surface area contributed by atoms with Gasteiger partial charge in [0.25, 0.3) is 17.7 Å². The van der Waals surface area contributed by atoms with E-state index < -0.39 is 11.9 Å². The third-order valence-corrected chi connectivity index (χ3v) is 6.48. The molecule has 1 aliphatic heterocycles. The summed E-state index contributed by atoms with van der Waals surface area (Å²) in [6, 6.07) is 10.5. The fraction of sp³-hybridized carbons (Fsp3) is 0.333. The Morgan fingerprint density at radius 2 is 1.56 bits per heavy atom. The van der Waals surface area contributed by atoms with Crippen LogP contribution < -0.4 is 5.32 Å². The van der Waals surface area contributed by atoms with Crippen molar-refractivity contribution in [1.29, 1.82) is 0 Å². The summed E-state index contributed by atoms with van der Waals surface area (Å²) in [4.78, 5) is 49.8. The van der Waals surface area contributed by atoms with Crippen LogP contribution in [-0.4, -0.2) is 41.7 Å². The van der Waals surface area contributed by atoms with E-state index in [0.717, 1.165) is 15.6 Å². The molecule has 1 aliphatic rings. The standard InChI is InChI=1S/C24H25BrN2O5/c1-15-12-17(13-16(2)22(15)25)26-20(28)14-32-21(29)10-4-3-7-11-27-23(30)18-8-5-6-9-19(18)24(27)31/h5-6,8-9,12-13H,3-4,7,10-11,14H2,1-2H3,(H,26,28). The molecule has 0 spiro atoms. The molecule has 168 valence electrons. The maximum Gasteiger partial charge on any atom is 0.306 e. The van der Waals surface area contributed by atoms with Crippen molar-refractivity contribution in [3.63, 3.8) is 0 Å². The summed E-state index contributed by atoms with van der Waals surface area (Å²) in [6.45, 7) is 3.83. The van der Waals surface area contributed by atoms with Gasteiger partial charge in [0, 0.05) is 23.1 Å². The predicted octanol–water partition coefficient (Wildman–Crippen LogP) is 4.40. The SMILES string of the molecule is Cc1cc(NC(=O)COC(=O)CCCCCN2C(=O)c3ccccc3C2=O)cc(C)c1Br. The number of unbranched alkanes of at least 4 members (excludes halogenated alkanes) is 2. The van der Waals surface area contributed by atoms with Crippen molar-refractivity contribution in [2.45, 2.75) is 39.5 Å². The highest BCUT2D eigenvalue weighted by Gasteiger charge is 2.34. The molecule has 0 atom stereocenters. The highest BCUT2D eigenvalue weighted by Crippen LogP contribution is 2.25. The van der Waals surface area contributed by atoms with Crippen molar-refractivity contribution in [1.82, 2.24) is 4.90 Å². The lowest BCUT2D eigenvalue weighted by Crippen LogP contribution is -2.30. The topological polar surface area (TPSA) is 92.8 Å². The van der Waals surface area contributed by atoms with Crippen molar-refractivity contribution >= 4 is 45.3 Å². The Balaban J connectivity index is 1.32. The highest BCUT2D eigenvalue weighted by molar-refractivity contribution is 9.10. The lowest BCUT2D eigenvalue weighted by molar-refractivity contribution is -0.147. The minimum atomic E-state index is -0.455. The number of carbonyl (C=O) groups is 4. The lowest BCUT2D eigenvalue weighted by Gasteiger charge is -2.13. The van der Waals surface area contributed by atoms with E-state index in [1.54, 1.807) is 24.3 Å². The number of halogens is 1. The number of aryl methyl sites for hydroxylation is 2. The maximum absolute atomic E-state index is 12.3. The first-order chi connectivity index (χ1) is 15.3. The first-order valence-corrected chi connectivity index (χ1v) is 11.2. The van der Waals surface area contributed by atoms with Crippen molar-refractivity contribution in [2.24, 2.45) is 0 Å². The Labute approximate surface area is 195 Å². The van der Waals surface area contributed by atoms with E-state index in [9.17, 15) is 19.2 Å². The van der Waals surface area contributed by atoms with Gasteiger partial charge in [0.1, 0.15) is 0 Å². The molecule has 1 N–H and O–H groups in total. The average molecular weight is 501 g/mol. The molecule has 7 nitrogen and oxygen atoms in total. The van der Waals surface area contributed by atoms with Gasteiger partial charge in [-0.15, -0.1) is 0 Å². The van der Waals surface area contributed by atoms with Crippen LogP contribution in [0.5, 0.6) is 0 Å². The second-order valence-electron chi connectivity index (χ2n) is 7.75. The fourth-order valence-corrected chi connectivity index (χ4v) is 3.82. The molecule has 0 aliphatic carbocycles. The van der Waals surface area contributed by atoms with Gasteiger partial charge in [-0.05, 0) is 62.1 Å². The summed E-state index contributed by atoms with van der Waals surface area (Å²) < 4.78 is 6.03. The van der Waals surface area contributed by atoms with Gasteiger partial charge in [0.05, 0.1) is 11.1 Å². The van der Waals surface area contributed by atoms with E-state index >= 15 is 0 Å². The Kier molecular flexibility index (Phi) is 7.80. The van der Waals surface area contributed by atoms with Crippen molar-refractivity contribution in [3.05, 3.63) is 63.1 Å². The molecule has 8 heteroatoms. The zero-order chi connectivity index (χ0) is 23.3. The van der Waals surface area contributed by atoms with Gasteiger partial charge in [0.2, 0.25) is 0 Å². The smallest absolute Gasteiger partial charge is 0.306 e. The molecule has 0 saturated carbocycles. The quantitative estimate of drug-likeness (QED) is 0.312. The highest BCUT2D eigenvalue weighted by atomic mass is 79.9. The predicted molar refractivity (Wildman–Crippen MR) is 123 cm³/mol. The minimum absolute atomic E-state index is 0.173. The number of hydrogen-bond donors (Lipinski definition) is 1. The molecule has 32 heavy (non-hydrogen) atoms. The van der Waals surface area contributed by atoms with Crippen LogP contribution >= 0.6 is 15.9 Å². The van der Waals surface area contributed by atoms with Gasteiger partial charge in [-0.1, -0.05) is 34.5 Å². The summed E-state index contributed by atoms with van der Waals surface area (Å²) >= 11 is 3.48. The summed E-state index contributed by atoms with van der Waals surface area (Å²) in [5.41, 5.74) is 3.52. The van der Waals surface area contributed by atoms with Crippen LogP contribution in [0.1, 0.15) is 57.5 Å². The second-order valence-corrected chi connectivity index (χ2v) is 8.54. The number of nitrogens with one attached hydrogen (secondary N) is 1. The van der Waals surface area contributed by atoms with Gasteiger partial charge in [-0.2, -0.15) is 0 Å². The molecular weight excluding hydrogens is 476 g/mol. The van der Waals surface area contributed by atoms with Gasteiger partial charge >= 0.3 is 5.97 Å². The molecule has 3 rings (SSSR count). The number of hydrogen-bond acceptors (Lipinski definition) is 5. The van der Waals surface area contributed by atoms with Crippen LogP contribution in [-0.2, 0) is 14.3 Å². The van der Waals surface area contributed by atoms with E-state index in [1.807, 2.05) is 26.0 Å². The first kappa shape index (κ1) is 23.7. The zero-order valence-electron chi connectivity index (χ0n) is 18.1. The summed E-state index contributed by atoms with van der Waals surface area (Å²) in [6.07, 6.45) is 1.98. The molecule has 1 heterocycles. The van der Waals surface area contributed by atoms with Crippen molar-refractivity contribution in [2.75, 3.05) is 18.5 Å². The average Bonchev–Trinajstić information content (AvgIpc) is 3.00. The first-order valence-electron chi connectivity index (χ1n) is 10.5. The molecule has 0 bridgehead atoms. The summed E-state index contributed by atoms with van der Waals surface area (Å²) in [7, 11) is 0. The van der Waals surface area contributed by atoms with Crippen LogP contribution in [0.4, 0.5) is 5.69 Å². The number of nitrogens with zero attached hydrogens (tertiary/aromatic N) is 1. The summed E-state index contributed by atoms with van der Waals surface area (Å²) in [5.74, 6) is -1.39. The molecule has 0 unspecified atom stereocenters. The minimum Gasteiger partial charge on any atom is -0.456 e.